The van der Waals surface area contributed by atoms with Crippen molar-refractivity contribution in [2.75, 3.05) is 66.1 Å². The Morgan fingerprint density at radius 1 is 1.25 bits per heavy atom. The zero-order valence-corrected chi connectivity index (χ0v) is 17.0. The van der Waals surface area contributed by atoms with E-state index in [9.17, 15) is 9.90 Å². The van der Waals surface area contributed by atoms with Crippen molar-refractivity contribution < 1.29 is 19.4 Å². The highest BCUT2D eigenvalue weighted by Gasteiger charge is 2.27. The summed E-state index contributed by atoms with van der Waals surface area (Å²) < 4.78 is 11.2. The van der Waals surface area contributed by atoms with E-state index in [0.29, 0.717) is 11.3 Å². The van der Waals surface area contributed by atoms with Gasteiger partial charge < -0.3 is 19.5 Å². The lowest BCUT2D eigenvalue weighted by atomic mass is 10.1. The maximum absolute atomic E-state index is 12.7. The first-order valence-corrected chi connectivity index (χ1v) is 10.3. The van der Waals surface area contributed by atoms with Gasteiger partial charge in [0.15, 0.2) is 0 Å². The topological polar surface area (TPSA) is 65.5 Å². The standard InChI is InChI=1S/C21H33N3O4/c1-3-18(25)14-23-11-12-28-20(16-23)15-22-7-9-24(10-8-22)21(26)17-5-4-6-19(13-17)27-2/h4-6,13,18,20,25H,3,7-12,14-16H2,1-2H3/t18-,20+/m1/s1. The Kier molecular flexibility index (Phi) is 7.67. The van der Waals surface area contributed by atoms with Crippen molar-refractivity contribution in [3.63, 3.8) is 0 Å². The molecule has 1 aromatic rings. The van der Waals surface area contributed by atoms with Crippen LogP contribution in [-0.2, 0) is 4.74 Å². The molecule has 2 aliphatic heterocycles. The van der Waals surface area contributed by atoms with E-state index in [4.69, 9.17) is 9.47 Å². The fraction of sp³-hybridized carbons (Fsp3) is 0.667. The van der Waals surface area contributed by atoms with Gasteiger partial charge in [0.1, 0.15) is 5.75 Å². The molecule has 0 spiro atoms. The molecular weight excluding hydrogens is 358 g/mol. The Hall–Kier alpha value is -1.67. The van der Waals surface area contributed by atoms with Crippen molar-refractivity contribution in [3.05, 3.63) is 29.8 Å². The van der Waals surface area contributed by atoms with Gasteiger partial charge in [0, 0.05) is 57.9 Å². The number of rotatable bonds is 7. The number of aliphatic hydroxyl groups is 1. The number of hydrogen-bond acceptors (Lipinski definition) is 6. The van der Waals surface area contributed by atoms with Crippen LogP contribution in [0.1, 0.15) is 23.7 Å². The minimum Gasteiger partial charge on any atom is -0.497 e. The molecule has 2 fully saturated rings. The maximum Gasteiger partial charge on any atom is 0.254 e. The molecule has 0 unspecified atom stereocenters. The van der Waals surface area contributed by atoms with Crippen LogP contribution in [-0.4, -0.2) is 104 Å². The molecule has 1 amide bonds. The summed E-state index contributed by atoms with van der Waals surface area (Å²) in [7, 11) is 1.61. The molecule has 0 bridgehead atoms. The Morgan fingerprint density at radius 3 is 2.75 bits per heavy atom. The van der Waals surface area contributed by atoms with Gasteiger partial charge in [0.05, 0.1) is 25.9 Å². The normalized spacial score (nSPS) is 22.8. The van der Waals surface area contributed by atoms with Gasteiger partial charge in [-0.15, -0.1) is 0 Å². The number of morpholine rings is 1. The van der Waals surface area contributed by atoms with Gasteiger partial charge in [0.25, 0.3) is 5.91 Å². The van der Waals surface area contributed by atoms with Crippen LogP contribution in [0.3, 0.4) is 0 Å². The minimum atomic E-state index is -0.259. The maximum atomic E-state index is 12.7. The van der Waals surface area contributed by atoms with Crippen LogP contribution in [0.4, 0.5) is 0 Å². The van der Waals surface area contributed by atoms with Crippen LogP contribution >= 0.6 is 0 Å². The van der Waals surface area contributed by atoms with E-state index in [0.717, 1.165) is 65.4 Å². The molecule has 156 valence electrons. The molecule has 0 saturated carbocycles. The van der Waals surface area contributed by atoms with E-state index in [1.807, 2.05) is 30.0 Å². The lowest BCUT2D eigenvalue weighted by molar-refractivity contribution is -0.0565. The van der Waals surface area contributed by atoms with Gasteiger partial charge in [-0.1, -0.05) is 13.0 Å². The Labute approximate surface area is 167 Å². The van der Waals surface area contributed by atoms with E-state index in [1.54, 1.807) is 13.2 Å². The highest BCUT2D eigenvalue weighted by molar-refractivity contribution is 5.94. The van der Waals surface area contributed by atoms with Gasteiger partial charge >= 0.3 is 0 Å². The summed E-state index contributed by atoms with van der Waals surface area (Å²) in [5.74, 6) is 0.767. The molecule has 7 nitrogen and oxygen atoms in total. The van der Waals surface area contributed by atoms with E-state index in [-0.39, 0.29) is 18.1 Å². The first-order valence-electron chi connectivity index (χ1n) is 10.3. The lowest BCUT2D eigenvalue weighted by Crippen LogP contribution is -2.54. The molecule has 2 atom stereocenters. The number of aliphatic hydroxyl groups excluding tert-OH is 1. The monoisotopic (exact) mass is 391 g/mol. The summed E-state index contributed by atoms with van der Waals surface area (Å²) in [6.45, 7) is 9.22. The van der Waals surface area contributed by atoms with E-state index < -0.39 is 0 Å². The number of ether oxygens (including phenoxy) is 2. The molecule has 0 radical (unpaired) electrons. The van der Waals surface area contributed by atoms with E-state index in [1.165, 1.54) is 0 Å². The Morgan fingerprint density at radius 2 is 2.04 bits per heavy atom. The minimum absolute atomic E-state index is 0.0622. The second-order valence-electron chi connectivity index (χ2n) is 7.64. The third kappa shape index (κ3) is 5.67. The van der Waals surface area contributed by atoms with Gasteiger partial charge in [-0.05, 0) is 24.6 Å². The molecule has 7 heteroatoms. The summed E-state index contributed by atoms with van der Waals surface area (Å²) in [6, 6.07) is 7.34. The van der Waals surface area contributed by atoms with Crippen molar-refractivity contribution in [2.45, 2.75) is 25.6 Å². The number of β-amino-alcohol motifs (C(OH)–C–C–N with tert-alkyl or cyclic N) is 1. The first-order chi connectivity index (χ1) is 13.6. The zero-order chi connectivity index (χ0) is 19.9. The predicted molar refractivity (Wildman–Crippen MR) is 108 cm³/mol. The SMILES string of the molecule is CC[C@@H](O)CN1CCO[C@@H](CN2CCN(C(=O)c3cccc(OC)c3)CC2)C1. The molecule has 3 rings (SSSR count). The highest BCUT2D eigenvalue weighted by Crippen LogP contribution is 2.16. The summed E-state index contributed by atoms with van der Waals surface area (Å²) >= 11 is 0. The number of carbonyl (C=O) groups excluding carboxylic acids is 1. The Balaban J connectivity index is 1.45. The second-order valence-corrected chi connectivity index (χ2v) is 7.64. The summed E-state index contributed by atoms with van der Waals surface area (Å²) in [5.41, 5.74) is 0.675. The van der Waals surface area contributed by atoms with E-state index in [2.05, 4.69) is 9.80 Å². The molecule has 28 heavy (non-hydrogen) atoms. The van der Waals surface area contributed by atoms with Crippen molar-refractivity contribution in [1.82, 2.24) is 14.7 Å². The van der Waals surface area contributed by atoms with Crippen molar-refractivity contribution in [2.24, 2.45) is 0 Å². The molecule has 2 heterocycles. The number of nitrogens with zero attached hydrogens (tertiary/aromatic N) is 3. The predicted octanol–water partition coefficient (Wildman–Crippen LogP) is 0.925. The highest BCUT2D eigenvalue weighted by atomic mass is 16.5. The molecule has 0 aliphatic carbocycles. The fourth-order valence-corrected chi connectivity index (χ4v) is 3.84. The third-order valence-corrected chi connectivity index (χ3v) is 5.60. The second kappa shape index (κ2) is 10.2. The molecule has 2 aliphatic rings. The van der Waals surface area contributed by atoms with Crippen molar-refractivity contribution >= 4 is 5.91 Å². The van der Waals surface area contributed by atoms with Crippen molar-refractivity contribution in [3.8, 4) is 5.75 Å². The average molecular weight is 392 g/mol. The molecule has 0 aromatic heterocycles. The van der Waals surface area contributed by atoms with Crippen LogP contribution in [0, 0.1) is 0 Å². The number of methoxy groups -OCH3 is 1. The largest absolute Gasteiger partial charge is 0.497 e. The first kappa shape index (κ1) is 21.0. The van der Waals surface area contributed by atoms with Crippen LogP contribution in [0.15, 0.2) is 24.3 Å². The quantitative estimate of drug-likeness (QED) is 0.746. The lowest BCUT2D eigenvalue weighted by Gasteiger charge is -2.39. The van der Waals surface area contributed by atoms with Gasteiger partial charge in [-0.2, -0.15) is 0 Å². The smallest absolute Gasteiger partial charge is 0.254 e. The number of hydrogen-bond donors (Lipinski definition) is 1. The summed E-state index contributed by atoms with van der Waals surface area (Å²) in [4.78, 5) is 19.3. The molecule has 1 aromatic carbocycles. The average Bonchev–Trinajstić information content (AvgIpc) is 2.74. The van der Waals surface area contributed by atoms with Gasteiger partial charge in [-0.3, -0.25) is 14.6 Å². The van der Waals surface area contributed by atoms with Crippen LogP contribution in [0.2, 0.25) is 0 Å². The molecule has 2 saturated heterocycles. The van der Waals surface area contributed by atoms with Crippen LogP contribution in [0.25, 0.3) is 0 Å². The summed E-state index contributed by atoms with van der Waals surface area (Å²) in [5, 5.41) is 9.89. The van der Waals surface area contributed by atoms with Crippen molar-refractivity contribution in [1.29, 1.82) is 0 Å². The zero-order valence-electron chi connectivity index (χ0n) is 17.0. The number of benzene rings is 1. The number of piperazine rings is 1. The molecular formula is C21H33N3O4. The third-order valence-electron chi connectivity index (χ3n) is 5.60. The van der Waals surface area contributed by atoms with Gasteiger partial charge in [-0.25, -0.2) is 0 Å². The van der Waals surface area contributed by atoms with E-state index >= 15 is 0 Å². The fourth-order valence-electron chi connectivity index (χ4n) is 3.84. The molecule has 1 N–H and O–H groups in total. The number of carbonyl (C=O) groups is 1. The number of amides is 1. The van der Waals surface area contributed by atoms with Crippen LogP contribution in [0.5, 0.6) is 5.75 Å². The summed E-state index contributed by atoms with van der Waals surface area (Å²) in [6.07, 6.45) is 0.689. The Bertz CT molecular complexity index is 634. The van der Waals surface area contributed by atoms with Gasteiger partial charge in [0.2, 0.25) is 0 Å². The van der Waals surface area contributed by atoms with Crippen LogP contribution < -0.4 is 4.74 Å².